The van der Waals surface area contributed by atoms with Crippen molar-refractivity contribution in [2.75, 3.05) is 6.61 Å². The number of hydrogen-bond acceptors (Lipinski definition) is 2. The minimum absolute atomic E-state index is 0.116. The third-order valence-corrected chi connectivity index (χ3v) is 2.61. The second kappa shape index (κ2) is 3.13. The number of hydrogen-bond donors (Lipinski definition) is 1. The Labute approximate surface area is 78.2 Å². The van der Waals surface area contributed by atoms with Gasteiger partial charge < -0.3 is 9.84 Å². The molecule has 2 atom stereocenters. The molecule has 2 nitrogen and oxygen atoms in total. The molecule has 1 aromatic carbocycles. The van der Waals surface area contributed by atoms with Gasteiger partial charge in [0.25, 0.3) is 0 Å². The van der Waals surface area contributed by atoms with Crippen LogP contribution in [0.2, 0.25) is 0 Å². The second-order valence-electron chi connectivity index (χ2n) is 3.77. The number of rotatable bonds is 3. The molecule has 0 saturated carbocycles. The summed E-state index contributed by atoms with van der Waals surface area (Å²) in [4.78, 5) is 0. The fourth-order valence-electron chi connectivity index (χ4n) is 1.52. The van der Waals surface area contributed by atoms with Crippen molar-refractivity contribution in [2.45, 2.75) is 25.0 Å². The molecule has 70 valence electrons. The molecule has 1 aromatic rings. The molecule has 0 bridgehead atoms. The predicted molar refractivity (Wildman–Crippen MR) is 50.5 cm³/mol. The minimum atomic E-state index is -0.282. The number of ether oxygens (including phenoxy) is 1. The summed E-state index contributed by atoms with van der Waals surface area (Å²) in [5.74, 6) is 0. The van der Waals surface area contributed by atoms with E-state index in [0.717, 1.165) is 6.42 Å². The zero-order valence-electron chi connectivity index (χ0n) is 7.73. The van der Waals surface area contributed by atoms with Gasteiger partial charge >= 0.3 is 0 Å². The van der Waals surface area contributed by atoms with Crippen LogP contribution in [0.5, 0.6) is 0 Å². The van der Waals surface area contributed by atoms with E-state index in [0.29, 0.717) is 0 Å². The van der Waals surface area contributed by atoms with Crippen LogP contribution in [0.25, 0.3) is 0 Å². The quantitative estimate of drug-likeness (QED) is 0.709. The van der Waals surface area contributed by atoms with Gasteiger partial charge in [-0.2, -0.15) is 0 Å². The van der Waals surface area contributed by atoms with Crippen molar-refractivity contribution in [1.29, 1.82) is 0 Å². The Morgan fingerprint density at radius 1 is 1.38 bits per heavy atom. The highest BCUT2D eigenvalue weighted by Crippen LogP contribution is 2.37. The van der Waals surface area contributed by atoms with Gasteiger partial charge in [-0.15, -0.1) is 0 Å². The van der Waals surface area contributed by atoms with Gasteiger partial charge in [0.05, 0.1) is 12.7 Å². The van der Waals surface area contributed by atoms with Crippen molar-refractivity contribution < 1.29 is 9.84 Å². The van der Waals surface area contributed by atoms with Gasteiger partial charge in [0.1, 0.15) is 5.60 Å². The first kappa shape index (κ1) is 8.73. The molecule has 0 amide bonds. The van der Waals surface area contributed by atoms with Gasteiger partial charge in [0.2, 0.25) is 0 Å². The molecule has 13 heavy (non-hydrogen) atoms. The summed E-state index contributed by atoms with van der Waals surface area (Å²) in [7, 11) is 0. The highest BCUT2D eigenvalue weighted by Gasteiger charge is 2.51. The fraction of sp³-hybridized carbons (Fsp3) is 0.455. The summed E-state index contributed by atoms with van der Waals surface area (Å²) in [6.07, 6.45) is 1.10. The van der Waals surface area contributed by atoms with Crippen LogP contribution in [0.4, 0.5) is 0 Å². The summed E-state index contributed by atoms with van der Waals surface area (Å²) in [5, 5.41) is 8.99. The van der Waals surface area contributed by atoms with Crippen LogP contribution in [-0.2, 0) is 11.2 Å². The highest BCUT2D eigenvalue weighted by molar-refractivity contribution is 5.18. The van der Waals surface area contributed by atoms with Crippen molar-refractivity contribution in [3.8, 4) is 0 Å². The van der Waals surface area contributed by atoms with Crippen LogP contribution in [-0.4, -0.2) is 23.4 Å². The van der Waals surface area contributed by atoms with Crippen LogP contribution in [0.1, 0.15) is 12.5 Å². The van der Waals surface area contributed by atoms with Crippen LogP contribution >= 0.6 is 0 Å². The Morgan fingerprint density at radius 3 is 2.62 bits per heavy atom. The summed E-state index contributed by atoms with van der Waals surface area (Å²) in [5.41, 5.74) is 0.986. The monoisotopic (exact) mass is 178 g/mol. The summed E-state index contributed by atoms with van der Waals surface area (Å²) < 4.78 is 5.41. The van der Waals surface area contributed by atoms with Crippen LogP contribution in [0.3, 0.4) is 0 Å². The lowest BCUT2D eigenvalue weighted by Crippen LogP contribution is -2.16. The zero-order valence-corrected chi connectivity index (χ0v) is 7.73. The number of aliphatic hydroxyl groups is 1. The lowest BCUT2D eigenvalue weighted by molar-refractivity contribution is 0.184. The minimum Gasteiger partial charge on any atom is -0.393 e. The lowest BCUT2D eigenvalue weighted by atomic mass is 10.0. The Bertz CT molecular complexity index is 283. The average molecular weight is 178 g/mol. The topological polar surface area (TPSA) is 32.8 Å². The maximum atomic E-state index is 8.99. The van der Waals surface area contributed by atoms with E-state index in [1.165, 1.54) is 5.56 Å². The molecule has 0 aliphatic carbocycles. The standard InChI is InChI=1S/C11H14O2/c1-11(8-12)10(13-11)7-9-5-3-2-4-6-9/h2-6,10,12H,7-8H2,1H3/t10-,11+/m1/s1. The molecule has 1 aliphatic heterocycles. The first-order valence-electron chi connectivity index (χ1n) is 4.57. The smallest absolute Gasteiger partial charge is 0.115 e. The van der Waals surface area contributed by atoms with Gasteiger partial charge in [0.15, 0.2) is 0 Å². The first-order valence-corrected chi connectivity index (χ1v) is 4.57. The normalized spacial score (nSPS) is 31.7. The van der Waals surface area contributed by atoms with Crippen molar-refractivity contribution >= 4 is 0 Å². The average Bonchev–Trinajstić information content (AvgIpc) is 2.80. The number of epoxide rings is 1. The van der Waals surface area contributed by atoms with E-state index < -0.39 is 0 Å². The summed E-state index contributed by atoms with van der Waals surface area (Å²) >= 11 is 0. The summed E-state index contributed by atoms with van der Waals surface area (Å²) in [6, 6.07) is 10.2. The van der Waals surface area contributed by atoms with E-state index in [4.69, 9.17) is 9.84 Å². The Balaban J connectivity index is 1.95. The lowest BCUT2D eigenvalue weighted by Gasteiger charge is -2.00. The Hall–Kier alpha value is -0.860. The van der Waals surface area contributed by atoms with Crippen molar-refractivity contribution in [3.05, 3.63) is 35.9 Å². The van der Waals surface area contributed by atoms with Crippen molar-refractivity contribution in [1.82, 2.24) is 0 Å². The van der Waals surface area contributed by atoms with Crippen molar-refractivity contribution in [2.24, 2.45) is 0 Å². The Kier molecular flexibility index (Phi) is 2.10. The molecule has 0 spiro atoms. The van der Waals surface area contributed by atoms with Gasteiger partial charge in [0, 0.05) is 6.42 Å². The van der Waals surface area contributed by atoms with E-state index in [9.17, 15) is 0 Å². The second-order valence-corrected chi connectivity index (χ2v) is 3.77. The van der Waals surface area contributed by atoms with Crippen LogP contribution in [0.15, 0.2) is 30.3 Å². The SMILES string of the molecule is C[C@@]1(CO)O[C@@H]1Cc1ccccc1. The molecule has 1 aliphatic rings. The van der Waals surface area contributed by atoms with Crippen LogP contribution < -0.4 is 0 Å². The van der Waals surface area contributed by atoms with E-state index in [1.54, 1.807) is 0 Å². The molecule has 2 heteroatoms. The largest absolute Gasteiger partial charge is 0.393 e. The molecular formula is C11H14O2. The molecule has 0 aromatic heterocycles. The maximum Gasteiger partial charge on any atom is 0.115 e. The van der Waals surface area contributed by atoms with E-state index >= 15 is 0 Å². The third-order valence-electron chi connectivity index (χ3n) is 2.61. The van der Waals surface area contributed by atoms with E-state index in [1.807, 2.05) is 25.1 Å². The first-order chi connectivity index (χ1) is 6.24. The molecule has 1 heterocycles. The molecule has 1 fully saturated rings. The number of benzene rings is 1. The van der Waals surface area contributed by atoms with E-state index in [2.05, 4.69) is 12.1 Å². The predicted octanol–water partition coefficient (Wildman–Crippen LogP) is 1.38. The van der Waals surface area contributed by atoms with Gasteiger partial charge in [-0.1, -0.05) is 30.3 Å². The van der Waals surface area contributed by atoms with Gasteiger partial charge in [-0.25, -0.2) is 0 Å². The zero-order chi connectivity index (χ0) is 9.31. The van der Waals surface area contributed by atoms with E-state index in [-0.39, 0.29) is 18.3 Å². The number of aliphatic hydroxyl groups excluding tert-OH is 1. The molecular weight excluding hydrogens is 164 g/mol. The Morgan fingerprint density at radius 2 is 2.08 bits per heavy atom. The molecule has 1 saturated heterocycles. The third kappa shape index (κ3) is 1.74. The molecule has 0 radical (unpaired) electrons. The summed E-state index contributed by atoms with van der Waals surface area (Å²) in [6.45, 7) is 2.06. The van der Waals surface area contributed by atoms with Crippen molar-refractivity contribution in [3.63, 3.8) is 0 Å². The molecule has 0 unspecified atom stereocenters. The van der Waals surface area contributed by atoms with Crippen LogP contribution in [0, 0.1) is 0 Å². The molecule has 2 rings (SSSR count). The maximum absolute atomic E-state index is 8.99. The fourth-order valence-corrected chi connectivity index (χ4v) is 1.52. The van der Waals surface area contributed by atoms with Gasteiger partial charge in [-0.05, 0) is 12.5 Å². The highest BCUT2D eigenvalue weighted by atomic mass is 16.6. The molecule has 1 N–H and O–H groups in total. The van der Waals surface area contributed by atoms with Gasteiger partial charge in [-0.3, -0.25) is 0 Å².